The number of Topliss-reactive ketones (excluding diaryl/α,β-unsaturated/α-hetero) is 1. The summed E-state index contributed by atoms with van der Waals surface area (Å²) < 4.78 is 67.9. The third kappa shape index (κ3) is 5.62. The molecule has 7 nitrogen and oxygen atoms in total. The van der Waals surface area contributed by atoms with Crippen molar-refractivity contribution in [1.82, 2.24) is 13.8 Å². The molecule has 1 fully saturated rings. The van der Waals surface area contributed by atoms with Crippen LogP contribution in [0.25, 0.3) is 11.1 Å². The highest BCUT2D eigenvalue weighted by Crippen LogP contribution is 2.32. The zero-order valence-electron chi connectivity index (χ0n) is 20.3. The topological polar surface area (TPSA) is 79.7 Å². The molecule has 1 amide bonds. The van der Waals surface area contributed by atoms with Gasteiger partial charge in [-0.2, -0.15) is 17.5 Å². The highest BCUT2D eigenvalue weighted by molar-refractivity contribution is 7.89. The minimum absolute atomic E-state index is 0.0488. The van der Waals surface area contributed by atoms with Gasteiger partial charge in [0.15, 0.2) is 5.78 Å². The van der Waals surface area contributed by atoms with Crippen molar-refractivity contribution in [2.24, 2.45) is 0 Å². The van der Waals surface area contributed by atoms with Gasteiger partial charge in [0.2, 0.25) is 10.0 Å². The van der Waals surface area contributed by atoms with Crippen molar-refractivity contribution in [1.29, 1.82) is 0 Å². The SMILES string of the molecule is CN(C)C(=O)c1cc(S(=O)(=O)N2CCCC2)cn1CC(=O)c1ccc(-c2cccc(C(F)(F)F)c2)cc1. The Balaban J connectivity index is 1.60. The standard InChI is InChI=1S/C26H26F3N3O4S/c1-30(2)25(34)23-15-22(37(35,36)32-12-3-4-13-32)16-31(23)17-24(33)19-10-8-18(9-11-19)20-6-5-7-21(14-20)26(27,28)29/h5-11,14-16H,3-4,12-13,17H2,1-2H3. The largest absolute Gasteiger partial charge is 0.416 e. The number of aromatic nitrogens is 1. The van der Waals surface area contributed by atoms with Gasteiger partial charge in [0.05, 0.1) is 12.1 Å². The Morgan fingerprint density at radius 3 is 2.19 bits per heavy atom. The van der Waals surface area contributed by atoms with E-state index in [0.717, 1.165) is 25.0 Å². The Morgan fingerprint density at radius 1 is 0.946 bits per heavy atom. The molecule has 0 unspecified atom stereocenters. The van der Waals surface area contributed by atoms with Crippen LogP contribution in [0.4, 0.5) is 13.2 Å². The quantitative estimate of drug-likeness (QED) is 0.418. The molecular formula is C26H26F3N3O4S. The molecule has 0 saturated carbocycles. The minimum Gasteiger partial charge on any atom is -0.343 e. The van der Waals surface area contributed by atoms with Crippen LogP contribution < -0.4 is 0 Å². The van der Waals surface area contributed by atoms with E-state index in [4.69, 9.17) is 0 Å². The van der Waals surface area contributed by atoms with Crippen molar-refractivity contribution in [3.05, 3.63) is 77.6 Å². The summed E-state index contributed by atoms with van der Waals surface area (Å²) in [5.74, 6) is -0.834. The van der Waals surface area contributed by atoms with Crippen molar-refractivity contribution < 1.29 is 31.2 Å². The molecule has 2 aromatic carbocycles. The van der Waals surface area contributed by atoms with Crippen LogP contribution in [-0.2, 0) is 22.7 Å². The summed E-state index contributed by atoms with van der Waals surface area (Å²) in [6.07, 6.45) is -1.64. The molecular weight excluding hydrogens is 507 g/mol. The number of ketones is 1. The number of benzene rings is 2. The second-order valence-electron chi connectivity index (χ2n) is 9.08. The number of nitrogens with zero attached hydrogens (tertiary/aromatic N) is 3. The zero-order valence-corrected chi connectivity index (χ0v) is 21.1. The molecule has 1 aliphatic heterocycles. The van der Waals surface area contributed by atoms with Gasteiger partial charge in [-0.15, -0.1) is 0 Å². The molecule has 0 spiro atoms. The Kier molecular flexibility index (Phi) is 7.29. The Morgan fingerprint density at radius 2 is 1.59 bits per heavy atom. The zero-order chi connectivity index (χ0) is 27.0. The van der Waals surface area contributed by atoms with E-state index in [1.807, 2.05) is 0 Å². The predicted molar refractivity (Wildman–Crippen MR) is 132 cm³/mol. The van der Waals surface area contributed by atoms with Crippen molar-refractivity contribution in [2.45, 2.75) is 30.5 Å². The van der Waals surface area contributed by atoms with Crippen LogP contribution >= 0.6 is 0 Å². The molecule has 1 saturated heterocycles. The first kappa shape index (κ1) is 26.6. The molecule has 1 aliphatic rings. The molecule has 0 atom stereocenters. The summed E-state index contributed by atoms with van der Waals surface area (Å²) in [5.41, 5.74) is 0.435. The number of hydrogen-bond acceptors (Lipinski definition) is 4. The van der Waals surface area contributed by atoms with E-state index in [9.17, 15) is 31.2 Å². The Hall–Kier alpha value is -3.44. The molecule has 0 N–H and O–H groups in total. The second-order valence-corrected chi connectivity index (χ2v) is 11.0. The maximum absolute atomic E-state index is 13.1. The Labute approximate surface area is 213 Å². The van der Waals surface area contributed by atoms with Gasteiger partial charge in [-0.25, -0.2) is 8.42 Å². The molecule has 0 aliphatic carbocycles. The number of rotatable bonds is 7. The first-order valence-electron chi connectivity index (χ1n) is 11.6. The van der Waals surface area contributed by atoms with Crippen LogP contribution in [0.15, 0.2) is 65.7 Å². The van der Waals surface area contributed by atoms with Gasteiger partial charge in [-0.05, 0) is 42.2 Å². The van der Waals surface area contributed by atoms with E-state index in [-0.39, 0.29) is 28.5 Å². The van der Waals surface area contributed by atoms with Gasteiger partial charge < -0.3 is 9.47 Å². The summed E-state index contributed by atoms with van der Waals surface area (Å²) in [6.45, 7) is 0.524. The monoisotopic (exact) mass is 533 g/mol. The van der Waals surface area contributed by atoms with Gasteiger partial charge >= 0.3 is 6.18 Å². The van der Waals surface area contributed by atoms with Crippen LogP contribution in [0.5, 0.6) is 0 Å². The van der Waals surface area contributed by atoms with Gasteiger partial charge in [0.25, 0.3) is 5.91 Å². The molecule has 0 bridgehead atoms. The smallest absolute Gasteiger partial charge is 0.343 e. The first-order valence-corrected chi connectivity index (χ1v) is 13.0. The van der Waals surface area contributed by atoms with Gasteiger partial charge in [0, 0.05) is 38.9 Å². The molecule has 1 aromatic heterocycles. The lowest BCUT2D eigenvalue weighted by molar-refractivity contribution is -0.137. The van der Waals surface area contributed by atoms with Crippen LogP contribution in [-0.4, -0.2) is 61.1 Å². The normalized spacial score (nSPS) is 14.6. The van der Waals surface area contributed by atoms with Crippen molar-refractivity contribution in [3.63, 3.8) is 0 Å². The summed E-state index contributed by atoms with van der Waals surface area (Å²) in [5, 5.41) is 0. The highest BCUT2D eigenvalue weighted by Gasteiger charge is 2.31. The van der Waals surface area contributed by atoms with Gasteiger partial charge in [0.1, 0.15) is 10.6 Å². The fourth-order valence-electron chi connectivity index (χ4n) is 4.21. The van der Waals surface area contributed by atoms with Gasteiger partial charge in [-0.3, -0.25) is 9.59 Å². The number of carbonyl (C=O) groups is 2. The number of halogens is 3. The van der Waals surface area contributed by atoms with Crippen molar-refractivity contribution in [3.8, 4) is 11.1 Å². The number of hydrogen-bond donors (Lipinski definition) is 0. The molecule has 4 rings (SSSR count). The van der Waals surface area contributed by atoms with Crippen molar-refractivity contribution in [2.75, 3.05) is 27.2 Å². The van der Waals surface area contributed by atoms with Crippen LogP contribution in [0.2, 0.25) is 0 Å². The van der Waals surface area contributed by atoms with E-state index in [2.05, 4.69) is 0 Å². The predicted octanol–water partition coefficient (Wildman–Crippen LogP) is 4.54. The van der Waals surface area contributed by atoms with Crippen LogP contribution in [0.3, 0.4) is 0 Å². The average molecular weight is 534 g/mol. The Bertz CT molecular complexity index is 1420. The fourth-order valence-corrected chi connectivity index (χ4v) is 5.77. The van der Waals surface area contributed by atoms with E-state index >= 15 is 0 Å². The molecule has 3 aromatic rings. The van der Waals surface area contributed by atoms with Crippen LogP contribution in [0.1, 0.15) is 39.3 Å². The molecule has 2 heterocycles. The fraction of sp³-hybridized carbons (Fsp3) is 0.308. The average Bonchev–Trinajstić information content (AvgIpc) is 3.54. The van der Waals surface area contributed by atoms with E-state index in [1.54, 1.807) is 18.2 Å². The van der Waals surface area contributed by atoms with E-state index < -0.39 is 27.7 Å². The third-order valence-corrected chi connectivity index (χ3v) is 8.11. The summed E-state index contributed by atoms with van der Waals surface area (Å²) >= 11 is 0. The summed E-state index contributed by atoms with van der Waals surface area (Å²) in [6, 6.07) is 12.3. The molecule has 37 heavy (non-hydrogen) atoms. The molecule has 196 valence electrons. The number of carbonyl (C=O) groups excluding carboxylic acids is 2. The lowest BCUT2D eigenvalue weighted by Gasteiger charge is -2.13. The van der Waals surface area contributed by atoms with Crippen LogP contribution in [0, 0.1) is 0 Å². The summed E-state index contributed by atoms with van der Waals surface area (Å²) in [4.78, 5) is 27.1. The first-order chi connectivity index (χ1) is 17.4. The maximum atomic E-state index is 13.1. The number of alkyl halides is 3. The van der Waals surface area contributed by atoms with Gasteiger partial charge in [-0.1, -0.05) is 36.4 Å². The highest BCUT2D eigenvalue weighted by atomic mass is 32.2. The third-order valence-electron chi connectivity index (χ3n) is 6.24. The molecule has 11 heteroatoms. The minimum atomic E-state index is -4.47. The summed E-state index contributed by atoms with van der Waals surface area (Å²) in [7, 11) is -0.739. The molecule has 0 radical (unpaired) electrons. The van der Waals surface area contributed by atoms with Crippen molar-refractivity contribution >= 4 is 21.7 Å². The lowest BCUT2D eigenvalue weighted by Crippen LogP contribution is -2.27. The number of amides is 1. The lowest BCUT2D eigenvalue weighted by atomic mass is 10.0. The second kappa shape index (κ2) is 10.1. The van der Waals surface area contributed by atoms with E-state index in [1.165, 1.54) is 58.3 Å². The number of sulfonamides is 1. The maximum Gasteiger partial charge on any atom is 0.416 e. The van der Waals surface area contributed by atoms with E-state index in [0.29, 0.717) is 24.2 Å².